The molecule has 1 aliphatic rings. The molecule has 0 aliphatic carbocycles. The average molecular weight is 462 g/mol. The quantitative estimate of drug-likeness (QED) is 0.582. The summed E-state index contributed by atoms with van der Waals surface area (Å²) in [6.45, 7) is 0.599. The van der Waals surface area contributed by atoms with E-state index in [0.717, 1.165) is 25.3 Å². The monoisotopic (exact) mass is 462 g/mol. The first-order valence-corrected chi connectivity index (χ1v) is 11.4. The molecule has 0 bridgehead atoms. The van der Waals surface area contributed by atoms with Crippen molar-refractivity contribution in [1.82, 2.24) is 14.8 Å². The highest BCUT2D eigenvalue weighted by molar-refractivity contribution is 7.92. The number of aromatic nitrogens is 3. The number of aryl methyl sites for hydroxylation is 1. The van der Waals surface area contributed by atoms with Crippen LogP contribution in [-0.4, -0.2) is 36.3 Å². The summed E-state index contributed by atoms with van der Waals surface area (Å²) in [7, 11) is -3.01. The van der Waals surface area contributed by atoms with Crippen LogP contribution in [0.5, 0.6) is 0 Å². The molecule has 1 aromatic heterocycles. The molecule has 0 atom stereocenters. The smallest absolute Gasteiger partial charge is 0.337 e. The van der Waals surface area contributed by atoms with Crippen molar-refractivity contribution >= 4 is 21.7 Å². The largest absolute Gasteiger partial charge is 0.465 e. The van der Waals surface area contributed by atoms with Crippen molar-refractivity contribution in [2.24, 2.45) is 0 Å². The summed E-state index contributed by atoms with van der Waals surface area (Å²) in [5.41, 5.74) is -0.315. The van der Waals surface area contributed by atoms with E-state index in [-0.39, 0.29) is 21.8 Å². The molecule has 0 saturated carbocycles. The number of benzene rings is 2. The van der Waals surface area contributed by atoms with Crippen molar-refractivity contribution in [3.8, 4) is 11.4 Å². The summed E-state index contributed by atoms with van der Waals surface area (Å²) in [6.07, 6.45) is 3.54. The van der Waals surface area contributed by atoms with Crippen molar-refractivity contribution in [2.75, 3.05) is 11.8 Å². The average Bonchev–Trinajstić information content (AvgIpc) is 3.02. The fraction of sp³-hybridized carbons (Fsp3) is 0.286. The lowest BCUT2D eigenvalue weighted by Crippen LogP contribution is -2.15. The van der Waals surface area contributed by atoms with E-state index in [1.54, 1.807) is 4.57 Å². The van der Waals surface area contributed by atoms with E-state index in [1.165, 1.54) is 31.4 Å². The number of carbonyl (C=O) groups is 1. The van der Waals surface area contributed by atoms with Crippen LogP contribution in [0, 0.1) is 11.6 Å². The Hall–Kier alpha value is -3.34. The first-order chi connectivity index (χ1) is 15.3. The fourth-order valence-corrected chi connectivity index (χ4v) is 4.63. The molecule has 0 unspecified atom stereocenters. The van der Waals surface area contributed by atoms with Gasteiger partial charge in [0.1, 0.15) is 17.5 Å². The van der Waals surface area contributed by atoms with E-state index in [4.69, 9.17) is 0 Å². The third kappa shape index (κ3) is 4.20. The summed E-state index contributed by atoms with van der Waals surface area (Å²) < 4.78 is 63.1. The molecular weight excluding hydrogens is 442 g/mol. The number of rotatable bonds is 5. The van der Waals surface area contributed by atoms with E-state index in [0.29, 0.717) is 24.9 Å². The highest BCUT2D eigenvalue weighted by atomic mass is 32.2. The lowest BCUT2D eigenvalue weighted by molar-refractivity contribution is 0.0600. The van der Waals surface area contributed by atoms with Crippen LogP contribution in [0.2, 0.25) is 0 Å². The van der Waals surface area contributed by atoms with Gasteiger partial charge in [0.2, 0.25) is 0 Å². The number of anilines is 1. The van der Waals surface area contributed by atoms with E-state index in [9.17, 15) is 22.0 Å². The summed E-state index contributed by atoms with van der Waals surface area (Å²) in [5, 5.41) is 8.17. The van der Waals surface area contributed by atoms with Gasteiger partial charge in [-0.1, -0.05) is 6.42 Å². The van der Waals surface area contributed by atoms with Crippen LogP contribution < -0.4 is 4.72 Å². The molecule has 0 spiro atoms. The number of sulfonamides is 1. The summed E-state index contributed by atoms with van der Waals surface area (Å²) in [4.78, 5) is 11.3. The van der Waals surface area contributed by atoms with Crippen molar-refractivity contribution in [3.05, 3.63) is 59.4 Å². The van der Waals surface area contributed by atoms with Gasteiger partial charge in [0, 0.05) is 19.0 Å². The second-order valence-corrected chi connectivity index (χ2v) is 9.02. The Morgan fingerprint density at radius 1 is 1.06 bits per heavy atom. The number of halogens is 2. The summed E-state index contributed by atoms with van der Waals surface area (Å²) >= 11 is 0. The van der Waals surface area contributed by atoms with Gasteiger partial charge in [0.15, 0.2) is 5.82 Å². The maximum Gasteiger partial charge on any atom is 0.337 e. The van der Waals surface area contributed by atoms with E-state index < -0.39 is 33.3 Å². The number of ether oxygens (including phenoxy) is 1. The number of hydrogen-bond donors (Lipinski definition) is 1. The molecule has 32 heavy (non-hydrogen) atoms. The third-order valence-electron chi connectivity index (χ3n) is 5.24. The Morgan fingerprint density at radius 2 is 1.81 bits per heavy atom. The van der Waals surface area contributed by atoms with Gasteiger partial charge in [-0.3, -0.25) is 4.72 Å². The summed E-state index contributed by atoms with van der Waals surface area (Å²) in [6, 6.07) is 6.63. The van der Waals surface area contributed by atoms with E-state index in [1.807, 2.05) is 0 Å². The second-order valence-electron chi connectivity index (χ2n) is 7.34. The van der Waals surface area contributed by atoms with Gasteiger partial charge >= 0.3 is 5.97 Å². The zero-order valence-electron chi connectivity index (χ0n) is 17.1. The number of carbonyl (C=O) groups excluding carboxylic acids is 1. The molecule has 8 nitrogen and oxygen atoms in total. The van der Waals surface area contributed by atoms with Crippen LogP contribution in [0.25, 0.3) is 11.4 Å². The summed E-state index contributed by atoms with van der Waals surface area (Å²) in [5.74, 6) is -1.62. The van der Waals surface area contributed by atoms with E-state index >= 15 is 0 Å². The zero-order valence-corrected chi connectivity index (χ0v) is 18.0. The molecule has 0 radical (unpaired) electrons. The highest BCUT2D eigenvalue weighted by Crippen LogP contribution is 2.30. The minimum Gasteiger partial charge on any atom is -0.465 e. The fourth-order valence-electron chi connectivity index (χ4n) is 3.57. The molecule has 4 rings (SSSR count). The molecule has 0 saturated heterocycles. The molecule has 11 heteroatoms. The lowest BCUT2D eigenvalue weighted by Gasteiger charge is -2.13. The van der Waals surface area contributed by atoms with Crippen LogP contribution >= 0.6 is 0 Å². The van der Waals surface area contributed by atoms with Crippen molar-refractivity contribution < 1.29 is 26.7 Å². The van der Waals surface area contributed by atoms with Gasteiger partial charge in [0.05, 0.1) is 28.8 Å². The maximum absolute atomic E-state index is 14.6. The van der Waals surface area contributed by atoms with Crippen LogP contribution in [0.1, 0.15) is 35.4 Å². The predicted octanol–water partition coefficient (Wildman–Crippen LogP) is 3.54. The number of nitrogens with one attached hydrogen (secondary N) is 1. The molecule has 2 heterocycles. The number of nitrogens with zero attached hydrogens (tertiary/aromatic N) is 3. The van der Waals surface area contributed by atoms with Gasteiger partial charge in [-0.25, -0.2) is 22.0 Å². The number of hydrogen-bond acceptors (Lipinski definition) is 6. The standard InChI is InChI=1S/C21H20F2N4O4S/c1-31-21(28)13-6-8-14(9-7-13)32(29,30)26-18-11-15(16(22)12-17(18)23)20-25-24-19-5-3-2-4-10-27(19)20/h6-9,11-12,26H,2-5,10H2,1H3. The molecule has 3 aromatic rings. The van der Waals surface area contributed by atoms with Crippen molar-refractivity contribution in [2.45, 2.75) is 37.1 Å². The predicted molar refractivity (Wildman–Crippen MR) is 112 cm³/mol. The van der Waals surface area contributed by atoms with Gasteiger partial charge in [0.25, 0.3) is 10.0 Å². The minimum atomic E-state index is -4.21. The molecule has 2 aromatic carbocycles. The topological polar surface area (TPSA) is 103 Å². The Bertz CT molecular complexity index is 1270. The van der Waals surface area contributed by atoms with Crippen LogP contribution in [-0.2, 0) is 27.7 Å². The number of esters is 1. The third-order valence-corrected chi connectivity index (χ3v) is 6.62. The van der Waals surface area contributed by atoms with Crippen molar-refractivity contribution in [1.29, 1.82) is 0 Å². The lowest BCUT2D eigenvalue weighted by atomic mass is 10.1. The Kier molecular flexibility index (Phi) is 5.92. The van der Waals surface area contributed by atoms with Gasteiger partial charge in [-0.15, -0.1) is 10.2 Å². The van der Waals surface area contributed by atoms with Crippen molar-refractivity contribution in [3.63, 3.8) is 0 Å². The first-order valence-electron chi connectivity index (χ1n) is 9.93. The van der Waals surface area contributed by atoms with Crippen LogP contribution in [0.3, 0.4) is 0 Å². The highest BCUT2D eigenvalue weighted by Gasteiger charge is 2.23. The van der Waals surface area contributed by atoms with Crippen LogP contribution in [0.15, 0.2) is 41.3 Å². The molecule has 168 valence electrons. The number of methoxy groups -OCH3 is 1. The molecular formula is C21H20F2N4O4S. The molecule has 0 amide bonds. The van der Waals surface area contributed by atoms with Gasteiger partial charge in [-0.2, -0.15) is 0 Å². The first kappa shape index (κ1) is 21.9. The molecule has 1 aliphatic heterocycles. The maximum atomic E-state index is 14.6. The second kappa shape index (κ2) is 8.65. The molecule has 0 fully saturated rings. The number of fused-ring (bicyclic) bond motifs is 1. The Balaban J connectivity index is 1.68. The minimum absolute atomic E-state index is 0.0502. The van der Waals surface area contributed by atoms with Gasteiger partial charge < -0.3 is 9.30 Å². The molecule has 1 N–H and O–H groups in total. The SMILES string of the molecule is COC(=O)c1ccc(S(=O)(=O)Nc2cc(-c3nnc4n3CCCCC4)c(F)cc2F)cc1. The normalized spacial score (nSPS) is 13.8. The Labute approximate surface area is 183 Å². The Morgan fingerprint density at radius 3 is 2.53 bits per heavy atom. The van der Waals surface area contributed by atoms with Gasteiger partial charge in [-0.05, 0) is 43.2 Å². The zero-order chi connectivity index (χ0) is 22.9. The van der Waals surface area contributed by atoms with E-state index in [2.05, 4.69) is 19.7 Å². The van der Waals surface area contributed by atoms with Crippen LogP contribution in [0.4, 0.5) is 14.5 Å².